The van der Waals surface area contributed by atoms with Crippen molar-refractivity contribution in [2.24, 2.45) is 0 Å². The van der Waals surface area contributed by atoms with Gasteiger partial charge in [-0.05, 0) is 6.42 Å². The maximum Gasteiger partial charge on any atom is 0.303 e. The van der Waals surface area contributed by atoms with E-state index in [2.05, 4.69) is 0 Å². The van der Waals surface area contributed by atoms with E-state index in [0.717, 1.165) is 12.8 Å². The molecule has 0 saturated carbocycles. The summed E-state index contributed by atoms with van der Waals surface area (Å²) in [6.45, 7) is 1.98. The molecule has 3 heteroatoms. The maximum absolute atomic E-state index is 9.76. The fourth-order valence-corrected chi connectivity index (χ4v) is 0.328. The van der Waals surface area contributed by atoms with E-state index in [1.165, 1.54) is 0 Å². The topological polar surface area (TPSA) is 37.3 Å². The Morgan fingerprint density at radius 3 is 2.25 bits per heavy atom. The van der Waals surface area contributed by atoms with E-state index >= 15 is 0 Å². The molecule has 2 nitrogen and oxygen atoms in total. The number of aliphatic carboxylic acids is 1. The molecule has 0 unspecified atom stereocenters. The summed E-state index contributed by atoms with van der Waals surface area (Å²) in [6.07, 6.45) is 2.08. The van der Waals surface area contributed by atoms with E-state index in [4.69, 9.17) is 5.11 Å². The Balaban J connectivity index is 0. The van der Waals surface area contributed by atoms with Crippen LogP contribution in [0.1, 0.15) is 26.2 Å². The first-order valence-electron chi connectivity index (χ1n) is 2.49. The van der Waals surface area contributed by atoms with Crippen molar-refractivity contribution in [2.75, 3.05) is 0 Å². The van der Waals surface area contributed by atoms with E-state index in [0.29, 0.717) is 6.42 Å². The van der Waals surface area contributed by atoms with Crippen molar-refractivity contribution in [1.82, 2.24) is 0 Å². The van der Waals surface area contributed by atoms with Crippen molar-refractivity contribution in [2.45, 2.75) is 26.2 Å². The molecule has 0 heterocycles. The van der Waals surface area contributed by atoms with E-state index in [9.17, 15) is 4.79 Å². The first-order valence-corrected chi connectivity index (χ1v) is 2.49. The molecular formula is C5H10AgO2. The molecule has 0 fully saturated rings. The van der Waals surface area contributed by atoms with Crippen molar-refractivity contribution < 1.29 is 32.3 Å². The van der Waals surface area contributed by atoms with Gasteiger partial charge < -0.3 is 5.11 Å². The molecule has 0 aliphatic rings. The van der Waals surface area contributed by atoms with E-state index < -0.39 is 5.97 Å². The normalized spacial score (nSPS) is 7.62. The first-order chi connectivity index (χ1) is 3.27. The molecule has 0 aromatic rings. The maximum atomic E-state index is 9.76. The largest absolute Gasteiger partial charge is 0.481 e. The number of carboxylic acids is 1. The zero-order valence-corrected chi connectivity index (χ0v) is 6.26. The Kier molecular flexibility index (Phi) is 9.97. The van der Waals surface area contributed by atoms with Crippen LogP contribution in [0.4, 0.5) is 0 Å². The summed E-state index contributed by atoms with van der Waals surface area (Å²) in [4.78, 5) is 9.76. The average Bonchev–Trinajstić information content (AvgIpc) is 1.61. The number of carboxylic acid groups (broad SMARTS) is 1. The van der Waals surface area contributed by atoms with Gasteiger partial charge in [0, 0.05) is 28.8 Å². The summed E-state index contributed by atoms with van der Waals surface area (Å²) in [7, 11) is 0. The predicted molar refractivity (Wildman–Crippen MR) is 27.2 cm³/mol. The van der Waals surface area contributed by atoms with Crippen LogP contribution in [0, 0.1) is 0 Å². The summed E-state index contributed by atoms with van der Waals surface area (Å²) in [5.74, 6) is -0.693. The van der Waals surface area contributed by atoms with Crippen molar-refractivity contribution in [3.05, 3.63) is 0 Å². The third kappa shape index (κ3) is 9.51. The van der Waals surface area contributed by atoms with Crippen LogP contribution < -0.4 is 0 Å². The molecule has 1 N–H and O–H groups in total. The number of rotatable bonds is 3. The van der Waals surface area contributed by atoms with Crippen molar-refractivity contribution >= 4 is 5.97 Å². The Labute approximate surface area is 64.8 Å². The second kappa shape index (κ2) is 7.21. The summed E-state index contributed by atoms with van der Waals surface area (Å²) in [5, 5.41) is 8.04. The standard InChI is InChI=1S/C5H10O2.Ag/c1-2-3-4-5(6)7;/h2-4H2,1H3,(H,6,7);. The zero-order chi connectivity index (χ0) is 5.70. The van der Waals surface area contributed by atoms with Gasteiger partial charge in [-0.25, -0.2) is 0 Å². The van der Waals surface area contributed by atoms with Gasteiger partial charge in [0.2, 0.25) is 0 Å². The van der Waals surface area contributed by atoms with Gasteiger partial charge in [0.1, 0.15) is 0 Å². The van der Waals surface area contributed by atoms with Gasteiger partial charge in [0.05, 0.1) is 0 Å². The average molecular weight is 210 g/mol. The monoisotopic (exact) mass is 209 g/mol. The molecule has 1 radical (unpaired) electrons. The minimum absolute atomic E-state index is 0. The van der Waals surface area contributed by atoms with E-state index in [1.54, 1.807) is 0 Å². The van der Waals surface area contributed by atoms with Gasteiger partial charge in [0.15, 0.2) is 0 Å². The Morgan fingerprint density at radius 2 is 2.12 bits per heavy atom. The summed E-state index contributed by atoms with van der Waals surface area (Å²) < 4.78 is 0. The molecular weight excluding hydrogens is 200 g/mol. The Hall–Kier alpha value is 0.210. The van der Waals surface area contributed by atoms with Crippen LogP contribution in [-0.2, 0) is 27.2 Å². The van der Waals surface area contributed by atoms with Crippen molar-refractivity contribution in [1.29, 1.82) is 0 Å². The summed E-state index contributed by atoms with van der Waals surface area (Å²) in [5.41, 5.74) is 0. The third-order valence-electron chi connectivity index (χ3n) is 0.744. The molecule has 8 heavy (non-hydrogen) atoms. The summed E-state index contributed by atoms with van der Waals surface area (Å²) in [6, 6.07) is 0. The van der Waals surface area contributed by atoms with Gasteiger partial charge in [-0.15, -0.1) is 0 Å². The molecule has 0 spiro atoms. The quantitative estimate of drug-likeness (QED) is 0.712. The van der Waals surface area contributed by atoms with Gasteiger partial charge in [0.25, 0.3) is 0 Å². The van der Waals surface area contributed by atoms with Gasteiger partial charge in [-0.2, -0.15) is 0 Å². The van der Waals surface area contributed by atoms with E-state index in [-0.39, 0.29) is 22.4 Å². The number of hydrogen-bond acceptors (Lipinski definition) is 1. The van der Waals surface area contributed by atoms with Crippen LogP contribution in [-0.4, -0.2) is 11.1 Å². The van der Waals surface area contributed by atoms with Gasteiger partial charge in [-0.1, -0.05) is 13.3 Å². The second-order valence-electron chi connectivity index (χ2n) is 1.50. The second-order valence-corrected chi connectivity index (χ2v) is 1.50. The summed E-state index contributed by atoms with van der Waals surface area (Å²) >= 11 is 0. The van der Waals surface area contributed by atoms with Gasteiger partial charge >= 0.3 is 5.97 Å². The zero-order valence-electron chi connectivity index (χ0n) is 4.78. The molecule has 0 saturated heterocycles. The van der Waals surface area contributed by atoms with Crippen molar-refractivity contribution in [3.8, 4) is 0 Å². The van der Waals surface area contributed by atoms with Crippen LogP contribution in [0.15, 0.2) is 0 Å². The van der Waals surface area contributed by atoms with Gasteiger partial charge in [-0.3, -0.25) is 4.79 Å². The molecule has 0 rings (SSSR count). The predicted octanol–water partition coefficient (Wildman–Crippen LogP) is 1.26. The van der Waals surface area contributed by atoms with Crippen molar-refractivity contribution in [3.63, 3.8) is 0 Å². The molecule has 0 aliphatic heterocycles. The fraction of sp³-hybridized carbons (Fsp3) is 0.800. The molecule has 0 atom stereocenters. The Bertz CT molecular complexity index is 63.4. The molecule has 0 aliphatic carbocycles. The molecule has 53 valence electrons. The minimum Gasteiger partial charge on any atom is -0.481 e. The molecule has 0 aromatic carbocycles. The van der Waals surface area contributed by atoms with Crippen LogP contribution in [0.25, 0.3) is 0 Å². The third-order valence-corrected chi connectivity index (χ3v) is 0.744. The Morgan fingerprint density at radius 1 is 1.62 bits per heavy atom. The number of unbranched alkanes of at least 4 members (excludes halogenated alkanes) is 1. The number of hydrogen-bond donors (Lipinski definition) is 1. The van der Waals surface area contributed by atoms with Crippen LogP contribution in [0.5, 0.6) is 0 Å². The first kappa shape index (κ1) is 11.1. The molecule has 0 aromatic heterocycles. The van der Waals surface area contributed by atoms with Crippen LogP contribution in [0.2, 0.25) is 0 Å². The minimum atomic E-state index is -0.693. The smallest absolute Gasteiger partial charge is 0.303 e. The molecule has 0 amide bonds. The van der Waals surface area contributed by atoms with Crippen LogP contribution >= 0.6 is 0 Å². The van der Waals surface area contributed by atoms with E-state index in [1.807, 2.05) is 6.92 Å². The van der Waals surface area contributed by atoms with Crippen LogP contribution in [0.3, 0.4) is 0 Å². The molecule has 0 bridgehead atoms. The number of carbonyl (C=O) groups is 1. The SMILES string of the molecule is CCCCC(=O)O.[Ag]. The fourth-order valence-electron chi connectivity index (χ4n) is 0.328.